The molecule has 1 atom stereocenters. The monoisotopic (exact) mass is 425 g/mol. The first-order chi connectivity index (χ1) is 13.6. The zero-order valence-electron chi connectivity index (χ0n) is 14.6. The van der Waals surface area contributed by atoms with Crippen LogP contribution in [0.1, 0.15) is 11.1 Å². The van der Waals surface area contributed by atoms with Gasteiger partial charge >= 0.3 is 12.1 Å². The molecule has 0 spiro atoms. The van der Waals surface area contributed by atoms with Gasteiger partial charge in [-0.2, -0.15) is 18.4 Å². The number of hydrogen-bond donors (Lipinski definition) is 1. The molecule has 0 radical (unpaired) electrons. The van der Waals surface area contributed by atoms with Gasteiger partial charge in [0, 0.05) is 17.7 Å². The number of nitrogens with zero attached hydrogens (tertiary/aromatic N) is 1. The molecule has 1 aliphatic heterocycles. The molecule has 0 aromatic heterocycles. The zero-order chi connectivity index (χ0) is 21.3. The molecule has 150 valence electrons. The Morgan fingerprint density at radius 1 is 1.24 bits per heavy atom. The minimum absolute atomic E-state index is 0.00482. The molecular formula is C19H11ClF3NO5. The molecule has 1 heterocycles. The van der Waals surface area contributed by atoms with E-state index in [0.29, 0.717) is 5.56 Å². The Hall–Kier alpha value is -3.38. The summed E-state index contributed by atoms with van der Waals surface area (Å²) in [7, 11) is 1.35. The molecule has 1 unspecified atom stereocenters. The van der Waals surface area contributed by atoms with Gasteiger partial charge in [-0.05, 0) is 24.3 Å². The van der Waals surface area contributed by atoms with Gasteiger partial charge in [-0.1, -0.05) is 11.6 Å². The summed E-state index contributed by atoms with van der Waals surface area (Å²) >= 11 is 6.15. The Morgan fingerprint density at radius 3 is 2.55 bits per heavy atom. The minimum atomic E-state index is -4.93. The van der Waals surface area contributed by atoms with E-state index in [1.165, 1.54) is 31.4 Å². The van der Waals surface area contributed by atoms with Gasteiger partial charge in [-0.3, -0.25) is 0 Å². The molecule has 2 aromatic rings. The lowest BCUT2D eigenvalue weighted by atomic mass is 10.0. The van der Waals surface area contributed by atoms with Gasteiger partial charge in [0.1, 0.15) is 11.5 Å². The van der Waals surface area contributed by atoms with Crippen LogP contribution in [0.4, 0.5) is 13.2 Å². The molecule has 10 heteroatoms. The highest BCUT2D eigenvalue weighted by Gasteiger charge is 2.48. The summed E-state index contributed by atoms with van der Waals surface area (Å²) in [5.74, 6) is -1.67. The molecular weight excluding hydrogens is 415 g/mol. The van der Waals surface area contributed by atoms with Crippen LogP contribution in [0, 0.1) is 11.3 Å². The van der Waals surface area contributed by atoms with Crippen molar-refractivity contribution in [1.82, 2.24) is 0 Å². The second-order valence-electron chi connectivity index (χ2n) is 5.84. The van der Waals surface area contributed by atoms with Gasteiger partial charge in [0.05, 0.1) is 29.3 Å². The van der Waals surface area contributed by atoms with Crippen molar-refractivity contribution in [2.24, 2.45) is 0 Å². The number of rotatable bonds is 4. The SMILES string of the molecule is COc1cc(C#N)ccc1Oc1cc2c(cc1Cl)C=C(C(=O)O)C(C(F)(F)F)O2. The fourth-order valence-electron chi connectivity index (χ4n) is 2.63. The normalized spacial score (nSPS) is 15.4. The molecule has 0 amide bonds. The minimum Gasteiger partial charge on any atom is -0.493 e. The molecule has 0 bridgehead atoms. The molecule has 29 heavy (non-hydrogen) atoms. The van der Waals surface area contributed by atoms with Crippen molar-refractivity contribution in [2.75, 3.05) is 7.11 Å². The highest BCUT2D eigenvalue weighted by atomic mass is 35.5. The highest BCUT2D eigenvalue weighted by molar-refractivity contribution is 6.32. The molecule has 1 aliphatic rings. The van der Waals surface area contributed by atoms with Gasteiger partial charge in [0.25, 0.3) is 0 Å². The van der Waals surface area contributed by atoms with Crippen molar-refractivity contribution >= 4 is 23.6 Å². The van der Waals surface area contributed by atoms with E-state index in [9.17, 15) is 18.0 Å². The van der Waals surface area contributed by atoms with E-state index >= 15 is 0 Å². The summed E-state index contributed by atoms with van der Waals surface area (Å²) in [6, 6.07) is 8.61. The topological polar surface area (TPSA) is 88.8 Å². The molecule has 1 N–H and O–H groups in total. The maximum Gasteiger partial charge on any atom is 0.430 e. The molecule has 2 aromatic carbocycles. The van der Waals surface area contributed by atoms with Gasteiger partial charge < -0.3 is 19.3 Å². The third kappa shape index (κ3) is 4.07. The Morgan fingerprint density at radius 2 is 1.97 bits per heavy atom. The third-order valence-corrected chi connectivity index (χ3v) is 4.25. The first-order valence-electron chi connectivity index (χ1n) is 7.92. The van der Waals surface area contributed by atoms with E-state index in [-0.39, 0.29) is 33.6 Å². The Kier molecular flexibility index (Phi) is 5.31. The van der Waals surface area contributed by atoms with E-state index in [1.54, 1.807) is 0 Å². The number of hydrogen-bond acceptors (Lipinski definition) is 5. The number of nitriles is 1. The van der Waals surface area contributed by atoms with Crippen LogP contribution in [0.3, 0.4) is 0 Å². The predicted molar refractivity (Wildman–Crippen MR) is 95.3 cm³/mol. The number of carbonyl (C=O) groups is 1. The smallest absolute Gasteiger partial charge is 0.430 e. The maximum atomic E-state index is 13.2. The number of benzene rings is 2. The number of methoxy groups -OCH3 is 1. The van der Waals surface area contributed by atoms with Gasteiger partial charge in [0.15, 0.2) is 11.5 Å². The van der Waals surface area contributed by atoms with E-state index in [0.717, 1.165) is 12.1 Å². The average molecular weight is 426 g/mol. The lowest BCUT2D eigenvalue weighted by Crippen LogP contribution is -2.40. The van der Waals surface area contributed by atoms with Crippen LogP contribution < -0.4 is 14.2 Å². The molecule has 0 saturated carbocycles. The Bertz CT molecular complexity index is 1060. The van der Waals surface area contributed by atoms with Crippen molar-refractivity contribution < 1.29 is 37.3 Å². The number of aliphatic carboxylic acids is 1. The van der Waals surface area contributed by atoms with E-state index in [4.69, 9.17) is 36.2 Å². The average Bonchev–Trinajstić information content (AvgIpc) is 2.67. The predicted octanol–water partition coefficient (Wildman–Crippen LogP) is 4.80. The van der Waals surface area contributed by atoms with Gasteiger partial charge in [0.2, 0.25) is 6.10 Å². The summed E-state index contributed by atoms with van der Waals surface area (Å²) in [5.41, 5.74) is -0.580. The van der Waals surface area contributed by atoms with Crippen LogP contribution in [-0.4, -0.2) is 30.5 Å². The molecule has 6 nitrogen and oxygen atoms in total. The first kappa shape index (κ1) is 20.4. The highest BCUT2D eigenvalue weighted by Crippen LogP contribution is 2.43. The van der Waals surface area contributed by atoms with Crippen LogP contribution in [0.15, 0.2) is 35.9 Å². The van der Waals surface area contributed by atoms with Crippen molar-refractivity contribution in [3.05, 3.63) is 52.1 Å². The molecule has 0 saturated heterocycles. The maximum absolute atomic E-state index is 13.2. The second-order valence-corrected chi connectivity index (χ2v) is 6.25. The Balaban J connectivity index is 2.02. The van der Waals surface area contributed by atoms with E-state index in [2.05, 4.69) is 0 Å². The Labute approximate surface area is 167 Å². The molecule has 3 rings (SSSR count). The first-order valence-corrected chi connectivity index (χ1v) is 8.29. The van der Waals surface area contributed by atoms with Gasteiger partial charge in [-0.15, -0.1) is 0 Å². The number of halogens is 4. The van der Waals surface area contributed by atoms with Crippen LogP contribution in [0.25, 0.3) is 6.08 Å². The number of alkyl halides is 3. The van der Waals surface area contributed by atoms with Gasteiger partial charge in [-0.25, -0.2) is 4.79 Å². The van der Waals surface area contributed by atoms with E-state index < -0.39 is 23.8 Å². The zero-order valence-corrected chi connectivity index (χ0v) is 15.3. The lowest BCUT2D eigenvalue weighted by Gasteiger charge is -2.27. The summed E-state index contributed by atoms with van der Waals surface area (Å²) < 4.78 is 55.3. The van der Waals surface area contributed by atoms with Crippen LogP contribution in [-0.2, 0) is 4.79 Å². The van der Waals surface area contributed by atoms with Crippen molar-refractivity contribution in [3.8, 4) is 29.1 Å². The number of carboxylic acids is 1. The number of carboxylic acid groups (broad SMARTS) is 1. The number of ether oxygens (including phenoxy) is 3. The number of fused-ring (bicyclic) bond motifs is 1. The quantitative estimate of drug-likeness (QED) is 0.756. The largest absolute Gasteiger partial charge is 0.493 e. The molecule has 0 aliphatic carbocycles. The van der Waals surface area contributed by atoms with Crippen molar-refractivity contribution in [2.45, 2.75) is 12.3 Å². The summed E-state index contributed by atoms with van der Waals surface area (Å²) in [5, 5.41) is 18.0. The van der Waals surface area contributed by atoms with Crippen molar-refractivity contribution in [3.63, 3.8) is 0 Å². The summed E-state index contributed by atoms with van der Waals surface area (Å²) in [4.78, 5) is 11.2. The van der Waals surface area contributed by atoms with Crippen LogP contribution in [0.5, 0.6) is 23.0 Å². The summed E-state index contributed by atoms with van der Waals surface area (Å²) in [6.07, 6.45) is -6.71. The van der Waals surface area contributed by atoms with Crippen LogP contribution >= 0.6 is 11.6 Å². The third-order valence-electron chi connectivity index (χ3n) is 3.96. The fraction of sp³-hybridized carbons (Fsp3) is 0.158. The van der Waals surface area contributed by atoms with Crippen molar-refractivity contribution in [1.29, 1.82) is 5.26 Å². The lowest BCUT2D eigenvalue weighted by molar-refractivity contribution is -0.187. The standard InChI is InChI=1S/C19H11ClF3NO5/c1-27-16-4-9(8-24)2-3-13(16)28-15-7-14-10(6-12(15)20)5-11(18(25)26)17(29-14)19(21,22)23/h2-7,17H,1H3,(H,25,26). The van der Waals surface area contributed by atoms with E-state index in [1.807, 2.05) is 6.07 Å². The second kappa shape index (κ2) is 7.56. The fourth-order valence-corrected chi connectivity index (χ4v) is 2.84. The van der Waals surface area contributed by atoms with Crippen LogP contribution in [0.2, 0.25) is 5.02 Å². The molecule has 0 fully saturated rings. The summed E-state index contributed by atoms with van der Waals surface area (Å²) in [6.45, 7) is 0.